The second kappa shape index (κ2) is 5.27. The molecule has 0 radical (unpaired) electrons. The summed E-state index contributed by atoms with van der Waals surface area (Å²) in [5.41, 5.74) is 6.98. The lowest BCUT2D eigenvalue weighted by Crippen LogP contribution is -2.26. The maximum Gasteiger partial charge on any atom is 0.338 e. The molecule has 1 aromatic rings. The van der Waals surface area contributed by atoms with Crippen molar-refractivity contribution in [1.82, 2.24) is 0 Å². The van der Waals surface area contributed by atoms with Gasteiger partial charge in [0.25, 0.3) is 0 Å². The number of carbonyl (C=O) groups excluding carboxylic acids is 2. The van der Waals surface area contributed by atoms with Gasteiger partial charge in [0.1, 0.15) is 0 Å². The molecular formula is C13H16N2O4. The van der Waals surface area contributed by atoms with E-state index >= 15 is 0 Å². The second-order valence-electron chi connectivity index (χ2n) is 4.36. The summed E-state index contributed by atoms with van der Waals surface area (Å²) in [5, 5.41) is 9.49. The SMILES string of the molecule is CCOC(=O)c1ccc(N)c(N2CC(O)CC2=O)c1. The van der Waals surface area contributed by atoms with Crippen molar-refractivity contribution >= 4 is 23.3 Å². The highest BCUT2D eigenvalue weighted by Crippen LogP contribution is 2.29. The first-order valence-electron chi connectivity index (χ1n) is 6.08. The summed E-state index contributed by atoms with van der Waals surface area (Å²) >= 11 is 0. The highest BCUT2D eigenvalue weighted by Gasteiger charge is 2.30. The Kier molecular flexibility index (Phi) is 3.71. The molecule has 3 N–H and O–H groups in total. The van der Waals surface area contributed by atoms with Crippen molar-refractivity contribution in [3.05, 3.63) is 23.8 Å². The summed E-state index contributed by atoms with van der Waals surface area (Å²) < 4.78 is 4.90. The highest BCUT2D eigenvalue weighted by molar-refractivity contribution is 6.01. The zero-order valence-corrected chi connectivity index (χ0v) is 10.6. The molecule has 102 valence electrons. The van der Waals surface area contributed by atoms with E-state index in [1.807, 2.05) is 0 Å². The maximum absolute atomic E-state index is 11.7. The Balaban J connectivity index is 2.32. The third kappa shape index (κ3) is 2.68. The minimum absolute atomic E-state index is 0.0725. The molecule has 1 fully saturated rings. The Labute approximate surface area is 110 Å². The molecular weight excluding hydrogens is 248 g/mol. The van der Waals surface area contributed by atoms with Crippen LogP contribution in [0.4, 0.5) is 11.4 Å². The molecule has 1 atom stereocenters. The average molecular weight is 264 g/mol. The minimum atomic E-state index is -0.696. The van der Waals surface area contributed by atoms with Crippen LogP contribution >= 0.6 is 0 Å². The molecule has 2 rings (SSSR count). The molecule has 0 saturated carbocycles. The Morgan fingerprint density at radius 2 is 2.32 bits per heavy atom. The Morgan fingerprint density at radius 3 is 2.89 bits per heavy atom. The predicted octanol–water partition coefficient (Wildman–Crippen LogP) is 0.543. The van der Waals surface area contributed by atoms with Crippen LogP contribution in [-0.2, 0) is 9.53 Å². The van der Waals surface area contributed by atoms with Gasteiger partial charge in [-0.05, 0) is 25.1 Å². The largest absolute Gasteiger partial charge is 0.462 e. The van der Waals surface area contributed by atoms with Crippen molar-refractivity contribution in [2.45, 2.75) is 19.4 Å². The quantitative estimate of drug-likeness (QED) is 0.614. The summed E-state index contributed by atoms with van der Waals surface area (Å²) in [4.78, 5) is 24.8. The molecule has 6 heteroatoms. The van der Waals surface area contributed by atoms with Crippen molar-refractivity contribution in [2.24, 2.45) is 0 Å². The molecule has 6 nitrogen and oxygen atoms in total. The van der Waals surface area contributed by atoms with Crippen LogP contribution < -0.4 is 10.6 Å². The number of nitrogens with two attached hydrogens (primary N) is 1. The molecule has 1 unspecified atom stereocenters. The van der Waals surface area contributed by atoms with Crippen LogP contribution in [-0.4, -0.2) is 36.2 Å². The van der Waals surface area contributed by atoms with Gasteiger partial charge in [0, 0.05) is 0 Å². The van der Waals surface area contributed by atoms with E-state index in [9.17, 15) is 14.7 Å². The zero-order valence-electron chi connectivity index (χ0n) is 10.6. The Bertz CT molecular complexity index is 515. The third-order valence-electron chi connectivity index (χ3n) is 2.94. The van der Waals surface area contributed by atoms with Crippen LogP contribution in [0.2, 0.25) is 0 Å². The summed E-state index contributed by atoms with van der Waals surface area (Å²) in [5.74, 6) is -0.670. The van der Waals surface area contributed by atoms with Gasteiger partial charge in [0.2, 0.25) is 5.91 Å². The van der Waals surface area contributed by atoms with E-state index in [1.165, 1.54) is 11.0 Å². The topological polar surface area (TPSA) is 92.9 Å². The summed E-state index contributed by atoms with van der Waals surface area (Å²) in [7, 11) is 0. The van der Waals surface area contributed by atoms with Gasteiger partial charge in [-0.2, -0.15) is 0 Å². The fraction of sp³-hybridized carbons (Fsp3) is 0.385. The number of carbonyl (C=O) groups is 2. The average Bonchev–Trinajstić information content (AvgIpc) is 2.69. The van der Waals surface area contributed by atoms with Crippen molar-refractivity contribution in [1.29, 1.82) is 0 Å². The highest BCUT2D eigenvalue weighted by atomic mass is 16.5. The smallest absolute Gasteiger partial charge is 0.338 e. The van der Waals surface area contributed by atoms with Gasteiger partial charge in [-0.3, -0.25) is 4.79 Å². The molecule has 1 aliphatic heterocycles. The minimum Gasteiger partial charge on any atom is -0.462 e. The van der Waals surface area contributed by atoms with Crippen molar-refractivity contribution in [2.75, 3.05) is 23.8 Å². The number of rotatable bonds is 3. The van der Waals surface area contributed by atoms with Crippen LogP contribution in [0.25, 0.3) is 0 Å². The van der Waals surface area contributed by atoms with Gasteiger partial charge >= 0.3 is 5.97 Å². The first-order chi connectivity index (χ1) is 9.02. The number of amides is 1. The van der Waals surface area contributed by atoms with Crippen molar-refractivity contribution in [3.8, 4) is 0 Å². The lowest BCUT2D eigenvalue weighted by molar-refractivity contribution is -0.117. The molecule has 1 amide bonds. The number of hydrogen-bond acceptors (Lipinski definition) is 5. The lowest BCUT2D eigenvalue weighted by Gasteiger charge is -2.18. The van der Waals surface area contributed by atoms with Crippen LogP contribution in [0.15, 0.2) is 18.2 Å². The van der Waals surface area contributed by atoms with Crippen LogP contribution in [0.3, 0.4) is 0 Å². The Morgan fingerprint density at radius 1 is 1.58 bits per heavy atom. The van der Waals surface area contributed by atoms with E-state index in [1.54, 1.807) is 19.1 Å². The molecule has 0 spiro atoms. The number of aliphatic hydroxyl groups is 1. The van der Waals surface area contributed by atoms with E-state index in [0.29, 0.717) is 16.9 Å². The molecule has 1 aliphatic rings. The monoisotopic (exact) mass is 264 g/mol. The molecule has 19 heavy (non-hydrogen) atoms. The number of nitrogens with zero attached hydrogens (tertiary/aromatic N) is 1. The number of hydrogen-bond donors (Lipinski definition) is 2. The van der Waals surface area contributed by atoms with Crippen LogP contribution in [0.5, 0.6) is 0 Å². The molecule has 0 bridgehead atoms. The number of anilines is 2. The number of β-amino-alcohol motifs (C(OH)–C–C–N with tert-alkyl or cyclic N) is 1. The number of ether oxygens (including phenoxy) is 1. The third-order valence-corrected chi connectivity index (χ3v) is 2.94. The van der Waals surface area contributed by atoms with Gasteiger partial charge in [0.05, 0.1) is 42.6 Å². The van der Waals surface area contributed by atoms with E-state index in [0.717, 1.165) is 0 Å². The lowest BCUT2D eigenvalue weighted by atomic mass is 10.1. The maximum atomic E-state index is 11.7. The first kappa shape index (κ1) is 13.4. The van der Waals surface area contributed by atoms with E-state index in [2.05, 4.69) is 0 Å². The second-order valence-corrected chi connectivity index (χ2v) is 4.36. The van der Waals surface area contributed by atoms with E-state index in [-0.39, 0.29) is 25.5 Å². The normalized spacial score (nSPS) is 18.7. The van der Waals surface area contributed by atoms with Gasteiger partial charge in [-0.1, -0.05) is 0 Å². The molecule has 1 saturated heterocycles. The summed E-state index contributed by atoms with van der Waals surface area (Å²) in [6.45, 7) is 2.19. The number of esters is 1. The number of aliphatic hydroxyl groups excluding tert-OH is 1. The Hall–Kier alpha value is -2.08. The zero-order chi connectivity index (χ0) is 14.0. The fourth-order valence-electron chi connectivity index (χ4n) is 2.04. The van der Waals surface area contributed by atoms with Gasteiger partial charge in [0.15, 0.2) is 0 Å². The summed E-state index contributed by atoms with van der Waals surface area (Å²) in [6.07, 6.45) is -0.624. The molecule has 1 aromatic carbocycles. The number of benzene rings is 1. The standard InChI is InChI=1S/C13H16N2O4/c1-2-19-13(18)8-3-4-10(14)11(5-8)15-7-9(16)6-12(15)17/h3-5,9,16H,2,6-7,14H2,1H3. The predicted molar refractivity (Wildman–Crippen MR) is 69.8 cm³/mol. The first-order valence-corrected chi connectivity index (χ1v) is 6.08. The molecule has 0 aromatic heterocycles. The van der Waals surface area contributed by atoms with Crippen LogP contribution in [0.1, 0.15) is 23.7 Å². The molecule has 1 heterocycles. The molecule has 0 aliphatic carbocycles. The van der Waals surface area contributed by atoms with Crippen LogP contribution in [0, 0.1) is 0 Å². The van der Waals surface area contributed by atoms with Gasteiger partial charge in [-0.25, -0.2) is 4.79 Å². The van der Waals surface area contributed by atoms with Crippen molar-refractivity contribution < 1.29 is 19.4 Å². The van der Waals surface area contributed by atoms with Crippen molar-refractivity contribution in [3.63, 3.8) is 0 Å². The fourth-order valence-corrected chi connectivity index (χ4v) is 2.04. The van der Waals surface area contributed by atoms with E-state index < -0.39 is 12.1 Å². The van der Waals surface area contributed by atoms with Gasteiger partial charge < -0.3 is 20.5 Å². The number of nitrogen functional groups attached to an aromatic ring is 1. The summed E-state index contributed by atoms with van der Waals surface area (Å²) in [6, 6.07) is 4.62. The van der Waals surface area contributed by atoms with E-state index in [4.69, 9.17) is 10.5 Å². The van der Waals surface area contributed by atoms with Gasteiger partial charge in [-0.15, -0.1) is 0 Å².